The molecule has 0 aromatic carbocycles. The Kier molecular flexibility index (Phi) is 2.92. The first-order valence-corrected chi connectivity index (χ1v) is 3.75. The van der Waals surface area contributed by atoms with Crippen molar-refractivity contribution in [1.29, 1.82) is 0 Å². The molecule has 0 bridgehead atoms. The summed E-state index contributed by atoms with van der Waals surface area (Å²) in [6, 6.07) is -1.39. The molecule has 1 fully saturated rings. The Morgan fingerprint density at radius 3 is 2.50 bits per heavy atom. The zero-order valence-electron chi connectivity index (χ0n) is 6.70. The summed E-state index contributed by atoms with van der Waals surface area (Å²) in [7, 11) is 1.64. The predicted octanol–water partition coefficient (Wildman–Crippen LogP) is 0.00320. The second kappa shape index (κ2) is 3.59. The van der Waals surface area contributed by atoms with E-state index in [2.05, 4.69) is 16.0 Å². The number of rotatable bonds is 1. The van der Waals surface area contributed by atoms with Gasteiger partial charge < -0.3 is 5.32 Å². The lowest BCUT2D eigenvalue weighted by molar-refractivity contribution is -0.163. The minimum Gasteiger partial charge on any atom is -0.305 e. The van der Waals surface area contributed by atoms with Gasteiger partial charge in [-0.15, -0.1) is 0 Å². The van der Waals surface area contributed by atoms with Crippen LogP contribution in [0.5, 0.6) is 0 Å². The van der Waals surface area contributed by atoms with Gasteiger partial charge in [-0.1, -0.05) is 0 Å². The van der Waals surface area contributed by atoms with E-state index in [0.717, 1.165) is 0 Å². The van der Waals surface area contributed by atoms with Gasteiger partial charge >= 0.3 is 6.18 Å². The number of nitrogens with one attached hydrogen (secondary N) is 3. The predicted molar refractivity (Wildman–Crippen MR) is 38.4 cm³/mol. The lowest BCUT2D eigenvalue weighted by atomic mass is 10.1. The van der Waals surface area contributed by atoms with Crippen LogP contribution in [0.1, 0.15) is 6.42 Å². The van der Waals surface area contributed by atoms with Gasteiger partial charge in [0, 0.05) is 6.67 Å². The Labute approximate surface area is 68.7 Å². The van der Waals surface area contributed by atoms with Crippen LogP contribution >= 0.6 is 0 Å². The Balaban J connectivity index is 2.46. The molecule has 3 N–H and O–H groups in total. The number of hydrogen-bond donors (Lipinski definition) is 3. The molecule has 1 aliphatic rings. The number of alkyl halides is 3. The van der Waals surface area contributed by atoms with Crippen molar-refractivity contribution in [2.75, 3.05) is 13.7 Å². The van der Waals surface area contributed by atoms with Gasteiger partial charge in [0.25, 0.3) is 0 Å². The summed E-state index contributed by atoms with van der Waals surface area (Å²) in [6.07, 6.45) is -4.37. The van der Waals surface area contributed by atoms with Crippen LogP contribution in [0.3, 0.4) is 0 Å². The largest absolute Gasteiger partial charge is 0.403 e. The second-order valence-corrected chi connectivity index (χ2v) is 2.76. The molecule has 3 nitrogen and oxygen atoms in total. The lowest BCUT2D eigenvalue weighted by Gasteiger charge is -2.32. The first-order chi connectivity index (χ1) is 5.54. The van der Waals surface area contributed by atoms with E-state index in [9.17, 15) is 13.2 Å². The van der Waals surface area contributed by atoms with Crippen LogP contribution in [0, 0.1) is 0 Å². The highest BCUT2D eigenvalue weighted by Crippen LogP contribution is 2.23. The van der Waals surface area contributed by atoms with Crippen molar-refractivity contribution in [1.82, 2.24) is 16.0 Å². The van der Waals surface area contributed by atoms with Crippen LogP contribution in [-0.2, 0) is 0 Å². The third-order valence-corrected chi connectivity index (χ3v) is 1.91. The van der Waals surface area contributed by atoms with E-state index in [1.165, 1.54) is 0 Å². The fourth-order valence-electron chi connectivity index (χ4n) is 1.18. The maximum absolute atomic E-state index is 12.1. The first-order valence-electron chi connectivity index (χ1n) is 3.75. The van der Waals surface area contributed by atoms with Crippen LogP contribution in [-0.4, -0.2) is 32.1 Å². The van der Waals surface area contributed by atoms with Crippen molar-refractivity contribution in [3.8, 4) is 0 Å². The topological polar surface area (TPSA) is 36.1 Å². The van der Waals surface area contributed by atoms with Gasteiger partial charge in [-0.2, -0.15) is 13.2 Å². The molecular weight excluding hydrogens is 171 g/mol. The van der Waals surface area contributed by atoms with Gasteiger partial charge in [0.2, 0.25) is 0 Å². The van der Waals surface area contributed by atoms with E-state index < -0.39 is 12.2 Å². The summed E-state index contributed by atoms with van der Waals surface area (Å²) in [5.74, 6) is 0. The quantitative estimate of drug-likeness (QED) is 0.535. The van der Waals surface area contributed by atoms with Gasteiger partial charge in [-0.3, -0.25) is 10.6 Å². The van der Waals surface area contributed by atoms with E-state index in [0.29, 0.717) is 0 Å². The Hall–Kier alpha value is -0.330. The smallest absolute Gasteiger partial charge is 0.305 e. The monoisotopic (exact) mass is 183 g/mol. The molecule has 6 heteroatoms. The molecule has 72 valence electrons. The van der Waals surface area contributed by atoms with Crippen molar-refractivity contribution < 1.29 is 13.2 Å². The maximum Gasteiger partial charge on any atom is 0.403 e. The van der Waals surface area contributed by atoms with Gasteiger partial charge in [0.15, 0.2) is 0 Å². The Morgan fingerprint density at radius 1 is 1.33 bits per heavy atom. The highest BCUT2D eigenvalue weighted by Gasteiger charge is 2.41. The summed E-state index contributed by atoms with van der Waals surface area (Å²) < 4.78 is 36.4. The van der Waals surface area contributed by atoms with E-state index in [1.54, 1.807) is 7.05 Å². The molecule has 2 atom stereocenters. The van der Waals surface area contributed by atoms with E-state index in [-0.39, 0.29) is 19.3 Å². The van der Waals surface area contributed by atoms with Crippen molar-refractivity contribution in [3.05, 3.63) is 0 Å². The van der Waals surface area contributed by atoms with Crippen molar-refractivity contribution in [2.24, 2.45) is 0 Å². The van der Waals surface area contributed by atoms with Crippen molar-refractivity contribution in [3.63, 3.8) is 0 Å². The Morgan fingerprint density at radius 2 is 2.00 bits per heavy atom. The molecule has 1 rings (SSSR count). The molecule has 0 aromatic rings. The maximum atomic E-state index is 12.1. The molecule has 0 aliphatic carbocycles. The standard InChI is InChI=1S/C6H12F3N3/c1-10-5-2-4(6(7,8)9)11-3-12-5/h4-5,10-12H,2-3H2,1H3. The van der Waals surface area contributed by atoms with Gasteiger partial charge in [-0.05, 0) is 13.5 Å². The molecule has 1 saturated heterocycles. The molecule has 0 radical (unpaired) electrons. The third-order valence-electron chi connectivity index (χ3n) is 1.91. The fourth-order valence-corrected chi connectivity index (χ4v) is 1.18. The van der Waals surface area contributed by atoms with Crippen LogP contribution in [0.25, 0.3) is 0 Å². The van der Waals surface area contributed by atoms with Gasteiger partial charge in [0.1, 0.15) is 6.04 Å². The van der Waals surface area contributed by atoms with Crippen LogP contribution in [0.4, 0.5) is 13.2 Å². The molecule has 12 heavy (non-hydrogen) atoms. The minimum atomic E-state index is -4.14. The van der Waals surface area contributed by atoms with E-state index in [4.69, 9.17) is 0 Å². The molecule has 1 aliphatic heterocycles. The van der Waals surface area contributed by atoms with E-state index >= 15 is 0 Å². The molecule has 1 heterocycles. The molecule has 0 amide bonds. The second-order valence-electron chi connectivity index (χ2n) is 2.76. The average molecular weight is 183 g/mol. The summed E-state index contributed by atoms with van der Waals surface area (Å²) >= 11 is 0. The lowest BCUT2D eigenvalue weighted by Crippen LogP contribution is -2.59. The zero-order valence-corrected chi connectivity index (χ0v) is 6.70. The molecule has 0 saturated carbocycles. The molecule has 0 aromatic heterocycles. The number of hydrogen-bond acceptors (Lipinski definition) is 3. The minimum absolute atomic E-state index is 0.0278. The molecule has 0 spiro atoms. The number of halogens is 3. The summed E-state index contributed by atoms with van der Waals surface area (Å²) in [5.41, 5.74) is 0. The van der Waals surface area contributed by atoms with E-state index in [1.807, 2.05) is 0 Å². The molecular formula is C6H12F3N3. The highest BCUT2D eigenvalue weighted by molar-refractivity contribution is 4.83. The highest BCUT2D eigenvalue weighted by atomic mass is 19.4. The third kappa shape index (κ3) is 2.33. The van der Waals surface area contributed by atoms with Crippen LogP contribution < -0.4 is 16.0 Å². The Bertz CT molecular complexity index is 147. The van der Waals surface area contributed by atoms with Gasteiger partial charge in [-0.25, -0.2) is 0 Å². The van der Waals surface area contributed by atoms with Crippen LogP contribution in [0.15, 0.2) is 0 Å². The summed E-state index contributed by atoms with van der Waals surface area (Å²) in [4.78, 5) is 0. The van der Waals surface area contributed by atoms with Crippen LogP contribution in [0.2, 0.25) is 0 Å². The first kappa shape index (κ1) is 9.76. The average Bonchev–Trinajstić information content (AvgIpc) is 2.03. The summed E-state index contributed by atoms with van der Waals surface area (Å²) in [6.45, 7) is 0.190. The fraction of sp³-hybridized carbons (Fsp3) is 1.00. The SMILES string of the molecule is CNC1CC(C(F)(F)F)NCN1. The molecule has 2 unspecified atom stereocenters. The van der Waals surface area contributed by atoms with Gasteiger partial charge in [0.05, 0.1) is 6.17 Å². The zero-order chi connectivity index (χ0) is 9.19. The van der Waals surface area contributed by atoms with Crippen molar-refractivity contribution >= 4 is 0 Å². The summed E-state index contributed by atoms with van der Waals surface area (Å²) in [5, 5.41) is 7.95. The normalized spacial score (nSPS) is 32.0. The van der Waals surface area contributed by atoms with Crippen molar-refractivity contribution in [2.45, 2.75) is 24.8 Å².